The maximum atomic E-state index is 12.2. The van der Waals surface area contributed by atoms with Crippen molar-refractivity contribution in [2.75, 3.05) is 18.5 Å². The third-order valence-corrected chi connectivity index (χ3v) is 3.38. The number of nitrogens with one attached hydrogen (secondary N) is 1. The van der Waals surface area contributed by atoms with Crippen LogP contribution in [0.1, 0.15) is 22.2 Å². The number of benzene rings is 1. The van der Waals surface area contributed by atoms with E-state index in [9.17, 15) is 4.79 Å². The van der Waals surface area contributed by atoms with Crippen LogP contribution in [0.25, 0.3) is 0 Å². The molecule has 1 fully saturated rings. The third kappa shape index (κ3) is 3.21. The van der Waals surface area contributed by atoms with Gasteiger partial charge in [-0.3, -0.25) is 9.78 Å². The Labute approximate surface area is 126 Å². The molecule has 1 aliphatic heterocycles. The molecule has 5 nitrogen and oxygen atoms in total. The minimum absolute atomic E-state index is 0.307. The number of rotatable bonds is 3. The smallest absolute Gasteiger partial charge is 0.258 e. The molecular weight excluding hydrogens is 292 g/mol. The first-order chi connectivity index (χ1) is 10.2. The topological polar surface area (TPSA) is 60.5 Å². The molecule has 1 aliphatic rings. The molecule has 6 heteroatoms. The number of amides is 1. The molecule has 2 heterocycles. The van der Waals surface area contributed by atoms with Gasteiger partial charge in [-0.25, -0.2) is 0 Å². The van der Waals surface area contributed by atoms with Crippen LogP contribution < -0.4 is 5.32 Å². The summed E-state index contributed by atoms with van der Waals surface area (Å²) in [6.07, 6.45) is 2.60. The Morgan fingerprint density at radius 3 is 2.86 bits per heavy atom. The van der Waals surface area contributed by atoms with E-state index in [4.69, 9.17) is 21.1 Å². The van der Waals surface area contributed by atoms with Crippen molar-refractivity contribution < 1.29 is 14.3 Å². The first kappa shape index (κ1) is 14.0. The minimum Gasteiger partial charge on any atom is -0.346 e. The summed E-state index contributed by atoms with van der Waals surface area (Å²) >= 11 is 5.98. The summed E-state index contributed by atoms with van der Waals surface area (Å²) in [5, 5.41) is 3.15. The highest BCUT2D eigenvalue weighted by Crippen LogP contribution is 2.25. The Hall–Kier alpha value is -1.95. The molecule has 0 saturated carbocycles. The number of carbonyl (C=O) groups is 1. The maximum absolute atomic E-state index is 12.2. The predicted molar refractivity (Wildman–Crippen MR) is 78.3 cm³/mol. The van der Waals surface area contributed by atoms with Crippen molar-refractivity contribution in [1.29, 1.82) is 0 Å². The molecule has 1 aromatic carbocycles. The number of carbonyl (C=O) groups excluding carboxylic acids is 1. The van der Waals surface area contributed by atoms with Crippen LogP contribution in [0.2, 0.25) is 5.02 Å². The second kappa shape index (κ2) is 6.22. The van der Waals surface area contributed by atoms with Crippen molar-refractivity contribution in [1.82, 2.24) is 4.98 Å². The molecule has 21 heavy (non-hydrogen) atoms. The summed E-state index contributed by atoms with van der Waals surface area (Å²) in [6.45, 7) is 1.15. The van der Waals surface area contributed by atoms with Gasteiger partial charge >= 0.3 is 0 Å². The molecule has 1 N–H and O–H groups in total. The van der Waals surface area contributed by atoms with Crippen molar-refractivity contribution in [2.24, 2.45) is 0 Å². The quantitative estimate of drug-likeness (QED) is 0.947. The molecule has 1 saturated heterocycles. The van der Waals surface area contributed by atoms with Gasteiger partial charge < -0.3 is 14.8 Å². The second-order valence-corrected chi connectivity index (χ2v) is 4.92. The van der Waals surface area contributed by atoms with Crippen LogP contribution in [0.5, 0.6) is 0 Å². The number of aromatic nitrogens is 1. The zero-order valence-electron chi connectivity index (χ0n) is 11.1. The van der Waals surface area contributed by atoms with Crippen LogP contribution in [-0.2, 0) is 9.47 Å². The van der Waals surface area contributed by atoms with E-state index in [-0.39, 0.29) is 12.2 Å². The van der Waals surface area contributed by atoms with Crippen molar-refractivity contribution in [2.45, 2.75) is 6.29 Å². The lowest BCUT2D eigenvalue weighted by Crippen LogP contribution is -2.13. The van der Waals surface area contributed by atoms with Gasteiger partial charge in [0.2, 0.25) is 0 Å². The summed E-state index contributed by atoms with van der Waals surface area (Å²) in [7, 11) is 0. The van der Waals surface area contributed by atoms with E-state index in [2.05, 4.69) is 10.3 Å². The first-order valence-electron chi connectivity index (χ1n) is 6.48. The van der Waals surface area contributed by atoms with Crippen molar-refractivity contribution in [3.05, 3.63) is 58.9 Å². The molecule has 0 radical (unpaired) electrons. The summed E-state index contributed by atoms with van der Waals surface area (Å²) in [4.78, 5) is 16.1. The standard InChI is InChI=1S/C15H13ClN2O3/c16-13-4-5-17-9-12(13)14(19)18-11-3-1-2-10(8-11)15-20-6-7-21-15/h1-5,8-9,15H,6-7H2,(H,18,19). The number of hydrogen-bond acceptors (Lipinski definition) is 4. The SMILES string of the molecule is O=C(Nc1cccc(C2OCCO2)c1)c1cnccc1Cl. The average molecular weight is 305 g/mol. The van der Waals surface area contributed by atoms with E-state index in [0.29, 0.717) is 29.5 Å². The molecule has 0 bridgehead atoms. The summed E-state index contributed by atoms with van der Waals surface area (Å²) in [5.41, 5.74) is 1.84. The normalized spacial score (nSPS) is 15.1. The predicted octanol–water partition coefficient (Wildman–Crippen LogP) is 3.03. The minimum atomic E-state index is -0.371. The third-order valence-electron chi connectivity index (χ3n) is 3.05. The molecule has 0 aliphatic carbocycles. The van der Waals surface area contributed by atoms with Gasteiger partial charge in [0.25, 0.3) is 5.91 Å². The number of pyridine rings is 1. The lowest BCUT2D eigenvalue weighted by molar-refractivity contribution is -0.0440. The van der Waals surface area contributed by atoms with Crippen LogP contribution in [0, 0.1) is 0 Å². The van der Waals surface area contributed by atoms with Gasteiger partial charge in [0.05, 0.1) is 23.8 Å². The maximum Gasteiger partial charge on any atom is 0.258 e. The molecule has 0 unspecified atom stereocenters. The van der Waals surface area contributed by atoms with Crippen LogP contribution in [0.4, 0.5) is 5.69 Å². The fourth-order valence-corrected chi connectivity index (χ4v) is 2.25. The monoisotopic (exact) mass is 304 g/mol. The molecular formula is C15H13ClN2O3. The Morgan fingerprint density at radius 1 is 1.29 bits per heavy atom. The van der Waals surface area contributed by atoms with Gasteiger partial charge in [0, 0.05) is 23.6 Å². The Bertz CT molecular complexity index is 657. The molecule has 3 rings (SSSR count). The molecule has 1 aromatic heterocycles. The number of halogens is 1. The Morgan fingerprint density at radius 2 is 2.10 bits per heavy atom. The van der Waals surface area contributed by atoms with Gasteiger partial charge in [-0.05, 0) is 18.2 Å². The average Bonchev–Trinajstić information content (AvgIpc) is 3.02. The van der Waals surface area contributed by atoms with Gasteiger partial charge in [-0.1, -0.05) is 23.7 Å². The highest BCUT2D eigenvalue weighted by Gasteiger charge is 2.19. The van der Waals surface area contributed by atoms with Gasteiger partial charge in [-0.15, -0.1) is 0 Å². The van der Waals surface area contributed by atoms with Crippen molar-refractivity contribution in [3.63, 3.8) is 0 Å². The Kier molecular flexibility index (Phi) is 4.15. The zero-order chi connectivity index (χ0) is 14.7. The molecule has 0 atom stereocenters. The zero-order valence-corrected chi connectivity index (χ0v) is 11.8. The largest absolute Gasteiger partial charge is 0.346 e. The summed E-state index contributed by atoms with van der Waals surface area (Å²) in [5.74, 6) is -0.307. The molecule has 2 aromatic rings. The lowest BCUT2D eigenvalue weighted by Gasteiger charge is -2.12. The van der Waals surface area contributed by atoms with Crippen LogP contribution in [0.3, 0.4) is 0 Å². The van der Waals surface area contributed by atoms with Crippen molar-refractivity contribution >= 4 is 23.2 Å². The lowest BCUT2D eigenvalue weighted by atomic mass is 10.2. The molecule has 0 spiro atoms. The van der Waals surface area contributed by atoms with Crippen LogP contribution >= 0.6 is 11.6 Å². The summed E-state index contributed by atoms with van der Waals surface area (Å²) in [6, 6.07) is 8.91. The fraction of sp³-hybridized carbons (Fsp3) is 0.200. The second-order valence-electron chi connectivity index (χ2n) is 4.51. The molecule has 1 amide bonds. The summed E-state index contributed by atoms with van der Waals surface area (Å²) < 4.78 is 10.9. The van der Waals surface area contributed by atoms with E-state index in [1.54, 1.807) is 12.1 Å². The van der Waals surface area contributed by atoms with E-state index >= 15 is 0 Å². The van der Waals surface area contributed by atoms with E-state index in [1.807, 2.05) is 18.2 Å². The van der Waals surface area contributed by atoms with Crippen LogP contribution in [0.15, 0.2) is 42.7 Å². The highest BCUT2D eigenvalue weighted by molar-refractivity contribution is 6.34. The van der Waals surface area contributed by atoms with Gasteiger partial charge in [0.1, 0.15) is 0 Å². The van der Waals surface area contributed by atoms with E-state index in [1.165, 1.54) is 12.4 Å². The van der Waals surface area contributed by atoms with Crippen molar-refractivity contribution in [3.8, 4) is 0 Å². The van der Waals surface area contributed by atoms with E-state index < -0.39 is 0 Å². The number of nitrogens with zero attached hydrogens (tertiary/aromatic N) is 1. The van der Waals surface area contributed by atoms with Gasteiger partial charge in [0.15, 0.2) is 6.29 Å². The van der Waals surface area contributed by atoms with Gasteiger partial charge in [-0.2, -0.15) is 0 Å². The molecule has 108 valence electrons. The Balaban J connectivity index is 1.77. The number of anilines is 1. The van der Waals surface area contributed by atoms with Crippen LogP contribution in [-0.4, -0.2) is 24.1 Å². The highest BCUT2D eigenvalue weighted by atomic mass is 35.5. The fourth-order valence-electron chi connectivity index (χ4n) is 2.06. The number of ether oxygens (including phenoxy) is 2. The first-order valence-corrected chi connectivity index (χ1v) is 6.86. The van der Waals surface area contributed by atoms with E-state index in [0.717, 1.165) is 5.56 Å². The number of hydrogen-bond donors (Lipinski definition) is 1.